The van der Waals surface area contributed by atoms with E-state index >= 15 is 0 Å². The minimum atomic E-state index is -1.31. The highest BCUT2D eigenvalue weighted by Gasteiger charge is 2.64. The van der Waals surface area contributed by atoms with Gasteiger partial charge in [0.15, 0.2) is 28.7 Å². The van der Waals surface area contributed by atoms with E-state index in [0.29, 0.717) is 0 Å². The predicted octanol–water partition coefficient (Wildman–Crippen LogP) is 6.08. The molecule has 0 saturated heterocycles. The number of aromatic nitrogens is 3. The van der Waals surface area contributed by atoms with Gasteiger partial charge in [0.1, 0.15) is 11.3 Å². The molecule has 0 bridgehead atoms. The minimum absolute atomic E-state index is 0.767. The van der Waals surface area contributed by atoms with Gasteiger partial charge in [-0.05, 0) is 60.0 Å². The van der Waals surface area contributed by atoms with Crippen LogP contribution in [0.25, 0.3) is 49.8 Å². The SMILES string of the molecule is c1ccc(-n2c3[n+](c4ccccc42)C2(Oc4ccccc4-3)Oc3cccc4ccc5ccc[n+]2c5c34)cc1. The summed E-state index contributed by atoms with van der Waals surface area (Å²) in [4.78, 5) is 0. The molecule has 0 N–H and O–H groups in total. The maximum Gasteiger partial charge on any atom is 0.654 e. The van der Waals surface area contributed by atoms with Crippen LogP contribution >= 0.6 is 0 Å². The molecule has 4 heterocycles. The van der Waals surface area contributed by atoms with E-state index in [1.54, 1.807) is 0 Å². The number of pyridine rings is 1. The van der Waals surface area contributed by atoms with Gasteiger partial charge >= 0.3 is 11.9 Å². The van der Waals surface area contributed by atoms with E-state index in [-0.39, 0.29) is 0 Å². The van der Waals surface area contributed by atoms with Crippen molar-refractivity contribution in [3.05, 3.63) is 128 Å². The molecule has 5 aromatic carbocycles. The van der Waals surface area contributed by atoms with Gasteiger partial charge in [0.2, 0.25) is 5.52 Å². The van der Waals surface area contributed by atoms with Crippen molar-refractivity contribution >= 4 is 32.7 Å². The summed E-state index contributed by atoms with van der Waals surface area (Å²) >= 11 is 0. The molecule has 38 heavy (non-hydrogen) atoms. The molecule has 0 radical (unpaired) electrons. The zero-order valence-electron chi connectivity index (χ0n) is 20.3. The molecular formula is C33H21N3O2+2. The first-order valence-corrected chi connectivity index (χ1v) is 12.8. The van der Waals surface area contributed by atoms with Gasteiger partial charge in [0, 0.05) is 11.5 Å². The molecule has 1 unspecified atom stereocenters. The molecule has 9 rings (SSSR count). The van der Waals surface area contributed by atoms with Gasteiger partial charge in [0.25, 0.3) is 0 Å². The molecule has 0 saturated carbocycles. The fourth-order valence-corrected chi connectivity index (χ4v) is 6.25. The van der Waals surface area contributed by atoms with E-state index in [2.05, 4.69) is 111 Å². The number of hydrogen-bond donors (Lipinski definition) is 0. The number of rotatable bonds is 1. The van der Waals surface area contributed by atoms with Crippen LogP contribution in [0.15, 0.2) is 128 Å². The largest absolute Gasteiger partial charge is 0.654 e. The summed E-state index contributed by atoms with van der Waals surface area (Å²) < 4.78 is 20.7. The van der Waals surface area contributed by atoms with Gasteiger partial charge in [-0.3, -0.25) is 0 Å². The van der Waals surface area contributed by atoms with E-state index in [1.807, 2.05) is 30.3 Å². The Morgan fingerprint density at radius 3 is 2.29 bits per heavy atom. The third-order valence-electron chi connectivity index (χ3n) is 7.77. The average Bonchev–Trinajstić information content (AvgIpc) is 3.33. The summed E-state index contributed by atoms with van der Waals surface area (Å²) in [5.41, 5.74) is 5.25. The fraction of sp³-hybridized carbons (Fsp3) is 0.0303. The van der Waals surface area contributed by atoms with Gasteiger partial charge in [-0.2, -0.15) is 4.57 Å². The highest BCUT2D eigenvalue weighted by Crippen LogP contribution is 2.44. The van der Waals surface area contributed by atoms with Crippen molar-refractivity contribution in [3.8, 4) is 28.6 Å². The van der Waals surface area contributed by atoms with E-state index in [9.17, 15) is 0 Å². The van der Waals surface area contributed by atoms with Crippen molar-refractivity contribution in [2.24, 2.45) is 0 Å². The fourth-order valence-electron chi connectivity index (χ4n) is 6.25. The van der Waals surface area contributed by atoms with Crippen molar-refractivity contribution in [1.29, 1.82) is 0 Å². The Hall–Kier alpha value is -5.16. The van der Waals surface area contributed by atoms with Crippen LogP contribution in [0.3, 0.4) is 0 Å². The summed E-state index contributed by atoms with van der Waals surface area (Å²) in [5.74, 6) is 2.56. The summed E-state index contributed by atoms with van der Waals surface area (Å²) in [6.07, 6.45) is 2.07. The number of nitrogens with zero attached hydrogens (tertiary/aromatic N) is 3. The highest BCUT2D eigenvalue weighted by atomic mass is 16.7. The topological polar surface area (TPSA) is 31.1 Å². The lowest BCUT2D eigenvalue weighted by Crippen LogP contribution is -2.81. The number of ether oxygens (including phenoxy) is 2. The zero-order chi connectivity index (χ0) is 24.8. The normalized spacial score (nSPS) is 16.9. The van der Waals surface area contributed by atoms with Gasteiger partial charge < -0.3 is 9.47 Å². The molecule has 2 aliphatic rings. The van der Waals surface area contributed by atoms with Gasteiger partial charge in [-0.25, -0.2) is 0 Å². The molecule has 178 valence electrons. The molecule has 5 heteroatoms. The highest BCUT2D eigenvalue weighted by molar-refractivity contribution is 6.07. The van der Waals surface area contributed by atoms with Crippen LogP contribution in [0.2, 0.25) is 0 Å². The Balaban J connectivity index is 1.51. The first-order valence-electron chi connectivity index (χ1n) is 12.8. The van der Waals surface area contributed by atoms with Crippen LogP contribution in [0.1, 0.15) is 0 Å². The monoisotopic (exact) mass is 491 g/mol. The first kappa shape index (κ1) is 20.0. The molecule has 5 nitrogen and oxygen atoms in total. The van der Waals surface area contributed by atoms with Gasteiger partial charge in [-0.1, -0.05) is 69.8 Å². The summed E-state index contributed by atoms with van der Waals surface area (Å²) in [5, 5.41) is 3.36. The molecule has 0 amide bonds. The van der Waals surface area contributed by atoms with Gasteiger partial charge in [0.05, 0.1) is 5.39 Å². The minimum Gasteiger partial charge on any atom is -0.360 e. The molecular weight excluding hydrogens is 470 g/mol. The van der Waals surface area contributed by atoms with Crippen molar-refractivity contribution < 1.29 is 18.6 Å². The number of fused-ring (bicyclic) bond motifs is 7. The molecule has 1 spiro atoms. The lowest BCUT2D eigenvalue weighted by atomic mass is 10.0. The van der Waals surface area contributed by atoms with Crippen molar-refractivity contribution in [3.63, 3.8) is 0 Å². The van der Waals surface area contributed by atoms with E-state index in [0.717, 1.165) is 61.3 Å². The molecule has 0 fully saturated rings. The van der Waals surface area contributed by atoms with Crippen LogP contribution in [-0.2, 0) is 6.03 Å². The average molecular weight is 492 g/mol. The van der Waals surface area contributed by atoms with Gasteiger partial charge in [-0.15, -0.1) is 0 Å². The predicted molar refractivity (Wildman–Crippen MR) is 145 cm³/mol. The summed E-state index contributed by atoms with van der Waals surface area (Å²) in [6.45, 7) is 0. The second kappa shape index (κ2) is 6.99. The van der Waals surface area contributed by atoms with E-state index < -0.39 is 6.03 Å². The molecule has 1 atom stereocenters. The maximum atomic E-state index is 7.05. The van der Waals surface area contributed by atoms with Crippen molar-refractivity contribution in [1.82, 2.24) is 4.57 Å². The summed E-state index contributed by atoms with van der Waals surface area (Å²) in [6, 6.07) is 40.6. The first-order chi connectivity index (χ1) is 18.8. The van der Waals surface area contributed by atoms with Crippen LogP contribution < -0.4 is 18.6 Å². The van der Waals surface area contributed by atoms with Crippen molar-refractivity contribution in [2.45, 2.75) is 6.03 Å². The molecule has 2 aromatic heterocycles. The van der Waals surface area contributed by atoms with E-state index in [1.165, 1.54) is 0 Å². The number of benzene rings is 5. The van der Waals surface area contributed by atoms with Crippen molar-refractivity contribution in [2.75, 3.05) is 0 Å². The standard InChI is InChI=1S/C33H21N3O2/c1-2-12-24(13-3-1)35-26-15-5-6-16-27(26)36-32(35)25-14-4-7-17-28(25)37-33(36)34-21-9-11-23-20-19-22-10-8-18-29(38-33)30(22)31(23)34/h1-21H/q+2. The van der Waals surface area contributed by atoms with Crippen LogP contribution in [0, 0.1) is 0 Å². The Morgan fingerprint density at radius 2 is 1.34 bits per heavy atom. The quantitative estimate of drug-likeness (QED) is 0.206. The molecule has 7 aromatic rings. The molecule has 2 aliphatic heterocycles. The second-order valence-corrected chi connectivity index (χ2v) is 9.80. The Kier molecular flexibility index (Phi) is 3.67. The summed E-state index contributed by atoms with van der Waals surface area (Å²) in [7, 11) is 0. The van der Waals surface area contributed by atoms with Crippen LogP contribution in [0.4, 0.5) is 0 Å². The Morgan fingerprint density at radius 1 is 0.605 bits per heavy atom. The third kappa shape index (κ3) is 2.36. The smallest absolute Gasteiger partial charge is 0.360 e. The zero-order valence-corrected chi connectivity index (χ0v) is 20.3. The van der Waals surface area contributed by atoms with Crippen LogP contribution in [0.5, 0.6) is 11.5 Å². The third-order valence-corrected chi connectivity index (χ3v) is 7.77. The molecule has 0 aliphatic carbocycles. The Bertz CT molecular complexity index is 2100. The lowest BCUT2D eigenvalue weighted by Gasteiger charge is -2.32. The maximum absolute atomic E-state index is 7.05. The Labute approximate surface area is 218 Å². The number of imidazole rings is 1. The lowest BCUT2D eigenvalue weighted by molar-refractivity contribution is -1.05. The second-order valence-electron chi connectivity index (χ2n) is 9.80. The number of hydrogen-bond acceptors (Lipinski definition) is 2. The van der Waals surface area contributed by atoms with Crippen LogP contribution in [-0.4, -0.2) is 4.57 Å². The van der Waals surface area contributed by atoms with E-state index in [4.69, 9.17) is 9.47 Å². The number of para-hydroxylation sites is 4.